The zero-order valence-corrected chi connectivity index (χ0v) is 13.7. The summed E-state index contributed by atoms with van der Waals surface area (Å²) >= 11 is 6.38. The molecule has 0 aliphatic heterocycles. The molecule has 0 unspecified atom stereocenters. The maximum absolute atomic E-state index is 9.88. The van der Waals surface area contributed by atoms with Gasteiger partial charge in [-0.05, 0) is 48.0 Å². The maximum Gasteiger partial charge on any atom is 0.116 e. The number of H-pyrrole nitrogens is 2. The first-order valence-corrected chi connectivity index (χ1v) is 8.22. The molecule has 0 bridgehead atoms. The third-order valence-electron chi connectivity index (χ3n) is 4.64. The van der Waals surface area contributed by atoms with Crippen molar-refractivity contribution < 1.29 is 10.2 Å². The van der Waals surface area contributed by atoms with E-state index in [0.717, 1.165) is 43.7 Å². The van der Waals surface area contributed by atoms with E-state index in [0.29, 0.717) is 5.02 Å². The Bertz CT molecular complexity index is 1280. The fourth-order valence-electron chi connectivity index (χ4n) is 3.56. The molecule has 4 nitrogen and oxygen atoms in total. The summed E-state index contributed by atoms with van der Waals surface area (Å²) in [6.45, 7) is 0. The lowest BCUT2D eigenvalue weighted by Crippen LogP contribution is -1.83. The first-order valence-electron chi connectivity index (χ1n) is 7.84. The van der Waals surface area contributed by atoms with Crippen LogP contribution in [0.4, 0.5) is 0 Å². The van der Waals surface area contributed by atoms with Crippen molar-refractivity contribution >= 4 is 44.2 Å². The molecule has 0 aliphatic carbocycles. The van der Waals surface area contributed by atoms with Crippen LogP contribution in [0.15, 0.2) is 54.9 Å². The molecular weight excluding hydrogens is 336 g/mol. The van der Waals surface area contributed by atoms with Crippen LogP contribution < -0.4 is 0 Å². The lowest BCUT2D eigenvalue weighted by molar-refractivity contribution is 0.475. The number of aromatic hydroxyl groups is 2. The van der Waals surface area contributed by atoms with Crippen LogP contribution in [0.3, 0.4) is 0 Å². The van der Waals surface area contributed by atoms with Crippen molar-refractivity contribution in [3.05, 3.63) is 59.9 Å². The van der Waals surface area contributed by atoms with Crippen molar-refractivity contribution in [2.75, 3.05) is 0 Å². The number of nitrogens with one attached hydrogen (secondary N) is 2. The van der Waals surface area contributed by atoms with Crippen molar-refractivity contribution in [2.24, 2.45) is 0 Å². The molecule has 5 aromatic rings. The summed E-state index contributed by atoms with van der Waals surface area (Å²) in [6, 6.07) is 12.3. The number of fused-ring (bicyclic) bond motifs is 5. The van der Waals surface area contributed by atoms with Crippen molar-refractivity contribution in [1.82, 2.24) is 9.97 Å². The second-order valence-electron chi connectivity index (χ2n) is 6.15. The first-order chi connectivity index (χ1) is 12.1. The Hall–Kier alpha value is -3.11. The number of hydrogen-bond donors (Lipinski definition) is 4. The van der Waals surface area contributed by atoms with Crippen LogP contribution in [-0.2, 0) is 0 Å². The normalized spacial score (nSPS) is 11.7. The van der Waals surface area contributed by atoms with Crippen molar-refractivity contribution in [1.29, 1.82) is 0 Å². The van der Waals surface area contributed by atoms with E-state index in [-0.39, 0.29) is 11.5 Å². The molecule has 0 radical (unpaired) electrons. The number of aromatic nitrogens is 2. The highest BCUT2D eigenvalue weighted by Gasteiger charge is 2.16. The molecule has 0 aliphatic rings. The predicted octanol–water partition coefficient (Wildman–Crippen LogP) is 5.53. The molecule has 0 spiro atoms. The summed E-state index contributed by atoms with van der Waals surface area (Å²) in [7, 11) is 0. The molecule has 2 heterocycles. The fraction of sp³-hybridized carbons (Fsp3) is 0. The molecule has 0 saturated carbocycles. The van der Waals surface area contributed by atoms with E-state index in [1.54, 1.807) is 30.3 Å². The Balaban J connectivity index is 1.96. The molecule has 5 rings (SSSR count). The minimum Gasteiger partial charge on any atom is -0.508 e. The van der Waals surface area contributed by atoms with E-state index in [1.165, 1.54) is 0 Å². The van der Waals surface area contributed by atoms with Crippen LogP contribution in [0.2, 0.25) is 5.02 Å². The summed E-state index contributed by atoms with van der Waals surface area (Å²) in [6.07, 6.45) is 3.86. The summed E-state index contributed by atoms with van der Waals surface area (Å²) < 4.78 is 0. The molecule has 0 fully saturated rings. The van der Waals surface area contributed by atoms with Gasteiger partial charge < -0.3 is 20.2 Å². The van der Waals surface area contributed by atoms with E-state index >= 15 is 0 Å². The second kappa shape index (κ2) is 4.94. The van der Waals surface area contributed by atoms with Crippen LogP contribution in [-0.4, -0.2) is 20.2 Å². The van der Waals surface area contributed by atoms with Gasteiger partial charge in [0, 0.05) is 55.6 Å². The Kier molecular flexibility index (Phi) is 2.82. The van der Waals surface area contributed by atoms with Crippen LogP contribution in [0.5, 0.6) is 11.5 Å². The lowest BCUT2D eigenvalue weighted by Gasteiger charge is -2.08. The minimum atomic E-state index is 0.171. The van der Waals surface area contributed by atoms with Gasteiger partial charge in [-0.15, -0.1) is 0 Å². The molecule has 25 heavy (non-hydrogen) atoms. The molecule has 0 saturated heterocycles. The molecule has 2 aromatic heterocycles. The maximum atomic E-state index is 9.88. The van der Waals surface area contributed by atoms with Gasteiger partial charge in [0.1, 0.15) is 11.5 Å². The highest BCUT2D eigenvalue weighted by atomic mass is 35.5. The van der Waals surface area contributed by atoms with Crippen LogP contribution >= 0.6 is 11.6 Å². The minimum absolute atomic E-state index is 0.171. The Morgan fingerprint density at radius 3 is 2.36 bits per heavy atom. The Morgan fingerprint density at radius 2 is 1.48 bits per heavy atom. The van der Waals surface area contributed by atoms with Crippen molar-refractivity contribution in [3.8, 4) is 22.6 Å². The number of hydrogen-bond acceptors (Lipinski definition) is 2. The van der Waals surface area contributed by atoms with E-state index in [9.17, 15) is 10.2 Å². The van der Waals surface area contributed by atoms with Gasteiger partial charge in [-0.25, -0.2) is 0 Å². The zero-order chi connectivity index (χ0) is 17.1. The van der Waals surface area contributed by atoms with Crippen LogP contribution in [0, 0.1) is 0 Å². The molecule has 3 aromatic carbocycles. The summed E-state index contributed by atoms with van der Waals surface area (Å²) in [5.74, 6) is 0.405. The van der Waals surface area contributed by atoms with Gasteiger partial charge in [-0.1, -0.05) is 11.6 Å². The van der Waals surface area contributed by atoms with Crippen molar-refractivity contribution in [2.45, 2.75) is 0 Å². The predicted molar refractivity (Wildman–Crippen MR) is 101 cm³/mol. The summed E-state index contributed by atoms with van der Waals surface area (Å²) in [5.41, 5.74) is 3.60. The standard InChI is InChI=1S/C20H13ClN2O2/c21-17-3-1-10(24)5-13(17)12-7-19-20(16-9-22-8-15(12)16)14-6-11(25)2-4-18(14)23-19/h1-9,22-25H. The van der Waals surface area contributed by atoms with Gasteiger partial charge in [0.25, 0.3) is 0 Å². The largest absolute Gasteiger partial charge is 0.508 e. The third-order valence-corrected chi connectivity index (χ3v) is 4.97. The molecular formula is C20H13ClN2O2. The van der Waals surface area contributed by atoms with Gasteiger partial charge >= 0.3 is 0 Å². The molecule has 5 heteroatoms. The second-order valence-corrected chi connectivity index (χ2v) is 6.56. The third kappa shape index (κ3) is 2.01. The summed E-state index contributed by atoms with van der Waals surface area (Å²) in [4.78, 5) is 6.56. The Labute approximate surface area is 147 Å². The highest BCUT2D eigenvalue weighted by molar-refractivity contribution is 6.34. The van der Waals surface area contributed by atoms with Gasteiger partial charge in [0.05, 0.1) is 0 Å². The van der Waals surface area contributed by atoms with Crippen LogP contribution in [0.1, 0.15) is 0 Å². The van der Waals surface area contributed by atoms with Gasteiger partial charge in [0.15, 0.2) is 0 Å². The highest BCUT2D eigenvalue weighted by Crippen LogP contribution is 2.41. The Morgan fingerprint density at radius 1 is 0.720 bits per heavy atom. The molecule has 0 atom stereocenters. The first kappa shape index (κ1) is 14.3. The average molecular weight is 349 g/mol. The zero-order valence-electron chi connectivity index (χ0n) is 13.0. The van der Waals surface area contributed by atoms with E-state index < -0.39 is 0 Å². The number of benzene rings is 3. The van der Waals surface area contributed by atoms with Crippen molar-refractivity contribution in [3.63, 3.8) is 0 Å². The monoisotopic (exact) mass is 348 g/mol. The van der Waals surface area contributed by atoms with Gasteiger partial charge in [0.2, 0.25) is 0 Å². The average Bonchev–Trinajstić information content (AvgIpc) is 3.20. The van der Waals surface area contributed by atoms with Crippen LogP contribution in [0.25, 0.3) is 43.7 Å². The number of phenolic OH excluding ortho intramolecular Hbond substituents is 2. The number of halogens is 1. The van der Waals surface area contributed by atoms with E-state index in [2.05, 4.69) is 9.97 Å². The van der Waals surface area contributed by atoms with E-state index in [1.807, 2.05) is 24.5 Å². The van der Waals surface area contributed by atoms with Gasteiger partial charge in [-0.3, -0.25) is 0 Å². The molecule has 4 N–H and O–H groups in total. The quantitative estimate of drug-likeness (QED) is 0.321. The van der Waals surface area contributed by atoms with E-state index in [4.69, 9.17) is 11.6 Å². The lowest BCUT2D eigenvalue weighted by atomic mass is 9.97. The number of phenols is 2. The molecule has 0 amide bonds. The molecule has 122 valence electrons. The smallest absolute Gasteiger partial charge is 0.116 e. The van der Waals surface area contributed by atoms with Gasteiger partial charge in [-0.2, -0.15) is 0 Å². The fourth-order valence-corrected chi connectivity index (χ4v) is 3.78. The number of aromatic amines is 2. The SMILES string of the molecule is Oc1ccc(Cl)c(-c2cc3[nH]c4ccc(O)cc4c3c3c[nH]cc23)c1. The number of rotatable bonds is 1. The topological polar surface area (TPSA) is 72.0 Å². The summed E-state index contributed by atoms with van der Waals surface area (Å²) in [5, 5.41) is 24.4.